The van der Waals surface area contributed by atoms with Crippen LogP contribution in [0, 0.1) is 5.92 Å². The van der Waals surface area contributed by atoms with Gasteiger partial charge in [-0.1, -0.05) is 122 Å². The molecule has 1 unspecified atom stereocenters. The predicted octanol–water partition coefficient (Wildman–Crippen LogP) is 9.57. The maximum Gasteiger partial charge on any atom is 0.0585 e. The molecule has 3 rings (SSSR count). The Labute approximate surface area is 207 Å². The van der Waals surface area contributed by atoms with E-state index in [2.05, 4.69) is 43.1 Å². The molecule has 190 valence electrons. The fourth-order valence-corrected chi connectivity index (χ4v) is 6.99. The summed E-state index contributed by atoms with van der Waals surface area (Å²) in [6.07, 6.45) is 34.5. The number of likely N-dealkylation sites (N-methyl/N-ethyl adjacent to an activating group) is 1. The third-order valence-corrected chi connectivity index (χ3v) is 8.71. The van der Waals surface area contributed by atoms with E-state index in [-0.39, 0.29) is 0 Å². The van der Waals surface area contributed by atoms with Gasteiger partial charge in [0.15, 0.2) is 0 Å². The zero-order chi connectivity index (χ0) is 23.3. The summed E-state index contributed by atoms with van der Waals surface area (Å²) in [5.74, 6) is 0.817. The average molecular weight is 457 g/mol. The number of allylic oxidation sites excluding steroid dienone is 2. The molecule has 1 heterocycles. The lowest BCUT2D eigenvalue weighted by atomic mass is 9.84. The van der Waals surface area contributed by atoms with Crippen LogP contribution in [0.3, 0.4) is 0 Å². The highest BCUT2D eigenvalue weighted by Crippen LogP contribution is 2.42. The Morgan fingerprint density at radius 1 is 0.697 bits per heavy atom. The van der Waals surface area contributed by atoms with Crippen LogP contribution >= 0.6 is 0 Å². The first-order valence-electron chi connectivity index (χ1n) is 15.2. The van der Waals surface area contributed by atoms with Crippen LogP contribution in [0.15, 0.2) is 23.4 Å². The van der Waals surface area contributed by atoms with E-state index in [1.54, 1.807) is 11.3 Å². The summed E-state index contributed by atoms with van der Waals surface area (Å²) in [6.45, 7) is 4.68. The van der Waals surface area contributed by atoms with E-state index < -0.39 is 0 Å². The molecule has 3 aliphatic rings. The van der Waals surface area contributed by atoms with E-state index in [9.17, 15) is 0 Å². The highest BCUT2D eigenvalue weighted by Gasteiger charge is 2.41. The molecule has 2 nitrogen and oxygen atoms in total. The monoisotopic (exact) mass is 456 g/mol. The molecule has 1 aliphatic heterocycles. The van der Waals surface area contributed by atoms with Crippen LogP contribution in [-0.4, -0.2) is 29.1 Å². The lowest BCUT2D eigenvalue weighted by Gasteiger charge is -2.41. The molecule has 2 fully saturated rings. The minimum atomic E-state index is 0.600. The van der Waals surface area contributed by atoms with Crippen LogP contribution in [0.1, 0.15) is 149 Å². The van der Waals surface area contributed by atoms with Crippen molar-refractivity contribution >= 4 is 0 Å². The molecule has 0 amide bonds. The van der Waals surface area contributed by atoms with Crippen molar-refractivity contribution in [3.05, 3.63) is 23.4 Å². The van der Waals surface area contributed by atoms with Crippen molar-refractivity contribution in [3.63, 3.8) is 0 Å². The Morgan fingerprint density at radius 3 is 1.67 bits per heavy atom. The Hall–Kier alpha value is -0.760. The molecule has 0 bridgehead atoms. The van der Waals surface area contributed by atoms with Crippen molar-refractivity contribution in [3.8, 4) is 0 Å². The summed E-state index contributed by atoms with van der Waals surface area (Å²) in [5, 5.41) is 5.63. The second-order valence-electron chi connectivity index (χ2n) is 11.3. The first-order valence-corrected chi connectivity index (χ1v) is 15.2. The van der Waals surface area contributed by atoms with E-state index >= 15 is 0 Å². The first kappa shape index (κ1) is 26.8. The van der Waals surface area contributed by atoms with Gasteiger partial charge in [0.1, 0.15) is 0 Å². The molecule has 0 aromatic carbocycles. The second kappa shape index (κ2) is 15.3. The van der Waals surface area contributed by atoms with Crippen LogP contribution in [0.25, 0.3) is 0 Å². The Bertz CT molecular complexity index is 570. The summed E-state index contributed by atoms with van der Waals surface area (Å²) in [4.78, 5) is 0. The molecule has 2 aliphatic carbocycles. The number of hydrogen-bond acceptors (Lipinski definition) is 2. The maximum absolute atomic E-state index is 2.86. The molecule has 0 aromatic heterocycles. The molecule has 0 aromatic rings. The van der Waals surface area contributed by atoms with Gasteiger partial charge in [0, 0.05) is 18.8 Å². The van der Waals surface area contributed by atoms with Gasteiger partial charge in [0.2, 0.25) is 0 Å². The van der Waals surface area contributed by atoms with Gasteiger partial charge in [-0.3, -0.25) is 0 Å². The van der Waals surface area contributed by atoms with Gasteiger partial charge in [-0.2, -0.15) is 0 Å². The normalized spacial score (nSPS) is 26.9. The molecule has 0 N–H and O–H groups in total. The highest BCUT2D eigenvalue weighted by atomic mass is 15.7. The molecular formula is C31H56N2. The lowest BCUT2D eigenvalue weighted by molar-refractivity contribution is -0.0320. The summed E-state index contributed by atoms with van der Waals surface area (Å²) in [7, 11) is 2.46. The van der Waals surface area contributed by atoms with Crippen molar-refractivity contribution in [2.24, 2.45) is 5.92 Å². The SMILES string of the molecule is CC/C=C\C1=C(CCC)N(C2CCCCCCCC2)N(C)C1C1CCCCCCCCCC1. The fraction of sp³-hybridized carbons (Fsp3) is 0.871. The van der Waals surface area contributed by atoms with Gasteiger partial charge in [-0.05, 0) is 50.0 Å². The highest BCUT2D eigenvalue weighted by molar-refractivity contribution is 5.35. The van der Waals surface area contributed by atoms with E-state index in [4.69, 9.17) is 0 Å². The fourth-order valence-electron chi connectivity index (χ4n) is 6.99. The standard InChI is InChI=1S/C31H56N2/c1-4-6-26-29-30(21-5-2)33(28-24-19-15-11-12-16-20-25-28)32(3)31(29)27-22-17-13-9-7-8-10-14-18-23-27/h6,26-28,31H,4-5,7-25H2,1-3H3/b26-6-. The number of nitrogens with zero attached hydrogens (tertiary/aromatic N) is 2. The van der Waals surface area contributed by atoms with E-state index in [0.717, 1.165) is 12.3 Å². The van der Waals surface area contributed by atoms with Crippen molar-refractivity contribution in [1.29, 1.82) is 0 Å². The van der Waals surface area contributed by atoms with Gasteiger partial charge in [0.25, 0.3) is 0 Å². The number of hydrazine groups is 1. The van der Waals surface area contributed by atoms with Crippen LogP contribution in [-0.2, 0) is 0 Å². The Balaban J connectivity index is 1.90. The van der Waals surface area contributed by atoms with E-state index in [1.807, 2.05) is 0 Å². The average Bonchev–Trinajstić information content (AvgIpc) is 3.12. The van der Waals surface area contributed by atoms with Gasteiger partial charge in [-0.25, -0.2) is 5.01 Å². The maximum atomic E-state index is 2.86. The molecule has 2 saturated carbocycles. The van der Waals surface area contributed by atoms with Crippen LogP contribution < -0.4 is 0 Å². The van der Waals surface area contributed by atoms with Crippen molar-refractivity contribution in [1.82, 2.24) is 10.0 Å². The second-order valence-corrected chi connectivity index (χ2v) is 11.3. The van der Waals surface area contributed by atoms with Gasteiger partial charge < -0.3 is 5.01 Å². The number of hydrogen-bond donors (Lipinski definition) is 0. The van der Waals surface area contributed by atoms with Crippen molar-refractivity contribution < 1.29 is 0 Å². The predicted molar refractivity (Wildman–Crippen MR) is 145 cm³/mol. The third kappa shape index (κ3) is 7.87. The molecule has 0 saturated heterocycles. The summed E-state index contributed by atoms with van der Waals surface area (Å²) < 4.78 is 0. The number of rotatable bonds is 6. The summed E-state index contributed by atoms with van der Waals surface area (Å²) >= 11 is 0. The summed E-state index contributed by atoms with van der Waals surface area (Å²) in [5.41, 5.74) is 3.38. The zero-order valence-corrected chi connectivity index (χ0v) is 22.6. The lowest BCUT2D eigenvalue weighted by Crippen LogP contribution is -2.48. The Kier molecular flexibility index (Phi) is 12.4. The van der Waals surface area contributed by atoms with Gasteiger partial charge in [-0.15, -0.1) is 0 Å². The summed E-state index contributed by atoms with van der Waals surface area (Å²) in [6, 6.07) is 1.31. The first-order chi connectivity index (χ1) is 16.3. The van der Waals surface area contributed by atoms with Crippen LogP contribution in [0.4, 0.5) is 0 Å². The van der Waals surface area contributed by atoms with Crippen molar-refractivity contribution in [2.75, 3.05) is 7.05 Å². The molecule has 0 radical (unpaired) electrons. The minimum Gasteiger partial charge on any atom is -0.306 e. The molecule has 33 heavy (non-hydrogen) atoms. The largest absolute Gasteiger partial charge is 0.306 e. The zero-order valence-electron chi connectivity index (χ0n) is 22.6. The Morgan fingerprint density at radius 2 is 1.18 bits per heavy atom. The van der Waals surface area contributed by atoms with Crippen LogP contribution in [0.5, 0.6) is 0 Å². The van der Waals surface area contributed by atoms with E-state index in [0.29, 0.717) is 12.1 Å². The van der Waals surface area contributed by atoms with Crippen LogP contribution in [0.2, 0.25) is 0 Å². The van der Waals surface area contributed by atoms with Crippen molar-refractivity contribution in [2.45, 2.75) is 161 Å². The van der Waals surface area contributed by atoms with Gasteiger partial charge in [0.05, 0.1) is 6.04 Å². The molecule has 1 atom stereocenters. The van der Waals surface area contributed by atoms with E-state index in [1.165, 1.54) is 128 Å². The molecular weight excluding hydrogens is 400 g/mol. The minimum absolute atomic E-state index is 0.600. The van der Waals surface area contributed by atoms with Gasteiger partial charge >= 0.3 is 0 Å². The quantitative estimate of drug-likeness (QED) is 0.392. The molecule has 2 heteroatoms. The smallest absolute Gasteiger partial charge is 0.0585 e. The molecule has 0 spiro atoms. The topological polar surface area (TPSA) is 6.48 Å². The third-order valence-electron chi connectivity index (χ3n) is 8.71.